The number of hydrogen-bond donors (Lipinski definition) is 1. The Kier molecular flexibility index (Phi) is 5.11. The predicted octanol–water partition coefficient (Wildman–Crippen LogP) is 0.952. The van der Waals surface area contributed by atoms with Gasteiger partial charge in [0.1, 0.15) is 9.84 Å². The maximum absolute atomic E-state index is 11.4. The number of rotatable bonds is 7. The zero-order valence-corrected chi connectivity index (χ0v) is 12.3. The first-order valence-electron chi connectivity index (χ1n) is 6.22. The largest absolute Gasteiger partial charge is 0.481 e. The van der Waals surface area contributed by atoms with Crippen LogP contribution in [0.4, 0.5) is 0 Å². The van der Waals surface area contributed by atoms with Crippen molar-refractivity contribution in [3.05, 3.63) is 17.0 Å². The first-order chi connectivity index (χ1) is 8.76. The van der Waals surface area contributed by atoms with Gasteiger partial charge in [0.05, 0.1) is 17.9 Å². The van der Waals surface area contributed by atoms with E-state index in [1.807, 2.05) is 6.92 Å². The van der Waals surface area contributed by atoms with Gasteiger partial charge in [0.25, 0.3) is 0 Å². The summed E-state index contributed by atoms with van der Waals surface area (Å²) in [5.74, 6) is -0.607. The van der Waals surface area contributed by atoms with Crippen LogP contribution < -0.4 is 0 Å². The monoisotopic (exact) mass is 288 g/mol. The molecule has 1 aromatic rings. The van der Waals surface area contributed by atoms with Crippen LogP contribution in [0.25, 0.3) is 0 Å². The molecule has 0 unspecified atom stereocenters. The molecule has 0 bridgehead atoms. The minimum Gasteiger partial charge on any atom is -0.481 e. The highest BCUT2D eigenvalue weighted by Crippen LogP contribution is 2.14. The molecule has 108 valence electrons. The van der Waals surface area contributed by atoms with Crippen molar-refractivity contribution in [1.82, 2.24) is 9.78 Å². The number of aromatic nitrogens is 2. The van der Waals surface area contributed by atoms with E-state index in [0.717, 1.165) is 5.69 Å². The molecule has 0 aliphatic rings. The molecule has 0 aromatic carbocycles. The number of aryl methyl sites for hydroxylation is 2. The molecule has 1 rings (SSSR count). The number of hydrogen-bond acceptors (Lipinski definition) is 4. The fourth-order valence-corrected chi connectivity index (χ4v) is 2.79. The molecule has 6 nitrogen and oxygen atoms in total. The standard InChI is InChI=1S/C12H20N2O4S/c1-4-19(17,18)7-5-6-14-10(3)11(8-12(15)16)9(2)13-14/h4-8H2,1-3H3,(H,15,16). The SMILES string of the molecule is CCS(=O)(=O)CCCn1nc(C)c(CC(=O)O)c1C. The van der Waals surface area contributed by atoms with Crippen molar-refractivity contribution < 1.29 is 18.3 Å². The first-order valence-corrected chi connectivity index (χ1v) is 8.04. The van der Waals surface area contributed by atoms with E-state index in [4.69, 9.17) is 5.11 Å². The quantitative estimate of drug-likeness (QED) is 0.807. The Balaban J connectivity index is 2.73. The lowest BCUT2D eigenvalue weighted by Crippen LogP contribution is -2.12. The summed E-state index contributed by atoms with van der Waals surface area (Å²) in [5.41, 5.74) is 2.21. The third-order valence-corrected chi connectivity index (χ3v) is 4.91. The summed E-state index contributed by atoms with van der Waals surface area (Å²) in [4.78, 5) is 10.8. The Morgan fingerprint density at radius 2 is 2.00 bits per heavy atom. The molecule has 1 heterocycles. The number of nitrogens with zero attached hydrogens (tertiary/aromatic N) is 2. The second-order valence-corrected chi connectivity index (χ2v) is 7.01. The molecule has 19 heavy (non-hydrogen) atoms. The second-order valence-electron chi connectivity index (χ2n) is 4.53. The van der Waals surface area contributed by atoms with Gasteiger partial charge in [-0.05, 0) is 20.3 Å². The molecular weight excluding hydrogens is 268 g/mol. The van der Waals surface area contributed by atoms with Crippen molar-refractivity contribution in [1.29, 1.82) is 0 Å². The Morgan fingerprint density at radius 1 is 1.37 bits per heavy atom. The van der Waals surface area contributed by atoms with Crippen molar-refractivity contribution in [3.8, 4) is 0 Å². The van der Waals surface area contributed by atoms with E-state index in [1.165, 1.54) is 0 Å². The number of carboxylic acid groups (broad SMARTS) is 1. The summed E-state index contributed by atoms with van der Waals surface area (Å²) in [7, 11) is -2.96. The summed E-state index contributed by atoms with van der Waals surface area (Å²) < 4.78 is 24.5. The summed E-state index contributed by atoms with van der Waals surface area (Å²) in [6.45, 7) is 5.70. The molecule has 1 aromatic heterocycles. The lowest BCUT2D eigenvalue weighted by atomic mass is 10.1. The summed E-state index contributed by atoms with van der Waals surface area (Å²) in [5, 5.41) is 13.1. The van der Waals surface area contributed by atoms with E-state index in [9.17, 15) is 13.2 Å². The third kappa shape index (κ3) is 4.34. The second kappa shape index (κ2) is 6.18. The lowest BCUT2D eigenvalue weighted by molar-refractivity contribution is -0.136. The van der Waals surface area contributed by atoms with Crippen LogP contribution in [-0.2, 0) is 27.6 Å². The van der Waals surface area contributed by atoms with Crippen LogP contribution in [0.3, 0.4) is 0 Å². The van der Waals surface area contributed by atoms with Crippen molar-refractivity contribution >= 4 is 15.8 Å². The Hall–Kier alpha value is -1.37. The molecule has 0 spiro atoms. The Labute approximate surface area is 113 Å². The smallest absolute Gasteiger partial charge is 0.307 e. The number of sulfone groups is 1. The first kappa shape index (κ1) is 15.7. The zero-order valence-electron chi connectivity index (χ0n) is 11.5. The Morgan fingerprint density at radius 3 is 2.53 bits per heavy atom. The van der Waals surface area contributed by atoms with E-state index in [2.05, 4.69) is 5.10 Å². The minimum absolute atomic E-state index is 0.0507. The highest BCUT2D eigenvalue weighted by molar-refractivity contribution is 7.91. The van der Waals surface area contributed by atoms with Crippen molar-refractivity contribution in [2.45, 2.75) is 40.2 Å². The summed E-state index contributed by atoms with van der Waals surface area (Å²) in [6, 6.07) is 0. The van der Waals surface area contributed by atoms with Gasteiger partial charge in [-0.15, -0.1) is 0 Å². The van der Waals surface area contributed by atoms with E-state index < -0.39 is 15.8 Å². The fraction of sp³-hybridized carbons (Fsp3) is 0.667. The molecule has 0 saturated heterocycles. The molecule has 0 atom stereocenters. The van der Waals surface area contributed by atoms with E-state index in [0.29, 0.717) is 24.2 Å². The highest BCUT2D eigenvalue weighted by atomic mass is 32.2. The molecule has 7 heteroatoms. The number of aliphatic carboxylic acids is 1. The third-order valence-electron chi connectivity index (χ3n) is 3.12. The van der Waals surface area contributed by atoms with Crippen LogP contribution in [0.5, 0.6) is 0 Å². The van der Waals surface area contributed by atoms with Gasteiger partial charge in [-0.25, -0.2) is 8.42 Å². The van der Waals surface area contributed by atoms with Gasteiger partial charge < -0.3 is 5.11 Å². The van der Waals surface area contributed by atoms with E-state index in [1.54, 1.807) is 18.5 Å². The van der Waals surface area contributed by atoms with Crippen LogP contribution in [0.2, 0.25) is 0 Å². The number of carboxylic acids is 1. The molecule has 0 fully saturated rings. The van der Waals surface area contributed by atoms with Gasteiger partial charge in [0.2, 0.25) is 0 Å². The van der Waals surface area contributed by atoms with Gasteiger partial charge in [-0.1, -0.05) is 6.92 Å². The van der Waals surface area contributed by atoms with E-state index >= 15 is 0 Å². The van der Waals surface area contributed by atoms with Gasteiger partial charge in [-0.3, -0.25) is 9.48 Å². The maximum Gasteiger partial charge on any atom is 0.307 e. The molecule has 1 N–H and O–H groups in total. The average Bonchev–Trinajstić information content (AvgIpc) is 2.56. The summed E-state index contributed by atoms with van der Waals surface area (Å²) in [6.07, 6.45) is 0.440. The lowest BCUT2D eigenvalue weighted by Gasteiger charge is -2.05. The van der Waals surface area contributed by atoms with Crippen molar-refractivity contribution in [2.75, 3.05) is 11.5 Å². The molecule has 0 radical (unpaired) electrons. The molecular formula is C12H20N2O4S. The topological polar surface area (TPSA) is 89.3 Å². The predicted molar refractivity (Wildman–Crippen MR) is 72.0 cm³/mol. The minimum atomic E-state index is -2.96. The average molecular weight is 288 g/mol. The van der Waals surface area contributed by atoms with E-state index in [-0.39, 0.29) is 17.9 Å². The van der Waals surface area contributed by atoms with Crippen LogP contribution in [0.15, 0.2) is 0 Å². The van der Waals surface area contributed by atoms with Crippen molar-refractivity contribution in [3.63, 3.8) is 0 Å². The van der Waals surface area contributed by atoms with Crippen LogP contribution in [0, 0.1) is 13.8 Å². The molecule has 0 aliphatic heterocycles. The molecule has 0 saturated carbocycles. The van der Waals surface area contributed by atoms with Crippen LogP contribution in [0.1, 0.15) is 30.3 Å². The maximum atomic E-state index is 11.4. The van der Waals surface area contributed by atoms with Crippen LogP contribution in [-0.4, -0.2) is 40.8 Å². The van der Waals surface area contributed by atoms with Gasteiger partial charge in [0.15, 0.2) is 0 Å². The molecule has 0 amide bonds. The summed E-state index contributed by atoms with van der Waals surface area (Å²) >= 11 is 0. The highest BCUT2D eigenvalue weighted by Gasteiger charge is 2.15. The van der Waals surface area contributed by atoms with Gasteiger partial charge >= 0.3 is 5.97 Å². The van der Waals surface area contributed by atoms with Gasteiger partial charge in [-0.2, -0.15) is 5.10 Å². The normalized spacial score (nSPS) is 11.7. The van der Waals surface area contributed by atoms with Gasteiger partial charge in [0, 0.05) is 23.6 Å². The number of carbonyl (C=O) groups is 1. The van der Waals surface area contributed by atoms with Crippen LogP contribution >= 0.6 is 0 Å². The van der Waals surface area contributed by atoms with Crippen molar-refractivity contribution in [2.24, 2.45) is 0 Å². The zero-order chi connectivity index (χ0) is 14.6. The fourth-order valence-electron chi connectivity index (χ4n) is 1.94. The Bertz CT molecular complexity index is 561. The molecule has 0 aliphatic carbocycles.